The number of benzene rings is 2. The third-order valence-electron chi connectivity index (χ3n) is 7.05. The lowest BCUT2D eigenvalue weighted by Gasteiger charge is -2.28. The van der Waals surface area contributed by atoms with Crippen LogP contribution in [0.25, 0.3) is 0 Å². The molecule has 2 N–H and O–H groups in total. The summed E-state index contributed by atoms with van der Waals surface area (Å²) in [6.45, 7) is 5.32. The summed E-state index contributed by atoms with van der Waals surface area (Å²) in [5.41, 5.74) is 2.32. The Morgan fingerprint density at radius 3 is 2.39 bits per heavy atom. The number of hydrogen-bond donors (Lipinski definition) is 2. The molecular formula is C31H32N4O6. The van der Waals surface area contributed by atoms with E-state index >= 15 is 0 Å². The molecule has 1 aromatic heterocycles. The van der Waals surface area contributed by atoms with E-state index < -0.39 is 41.9 Å². The van der Waals surface area contributed by atoms with Crippen molar-refractivity contribution in [2.45, 2.75) is 39.3 Å². The maximum absolute atomic E-state index is 13.5. The number of aliphatic carboxylic acids is 1. The van der Waals surface area contributed by atoms with E-state index in [9.17, 15) is 24.3 Å². The highest BCUT2D eigenvalue weighted by Gasteiger charge is 2.41. The van der Waals surface area contributed by atoms with E-state index in [2.05, 4.69) is 15.3 Å². The number of rotatable bonds is 10. The van der Waals surface area contributed by atoms with E-state index in [0.717, 1.165) is 10.5 Å². The first-order valence-electron chi connectivity index (χ1n) is 13.3. The number of imide groups is 1. The van der Waals surface area contributed by atoms with Crippen LogP contribution in [-0.2, 0) is 14.3 Å². The van der Waals surface area contributed by atoms with Crippen molar-refractivity contribution >= 4 is 35.3 Å². The Labute approximate surface area is 238 Å². The van der Waals surface area contributed by atoms with Crippen LogP contribution < -0.4 is 5.32 Å². The van der Waals surface area contributed by atoms with Crippen LogP contribution in [0.3, 0.4) is 0 Å². The molecule has 1 saturated heterocycles. The van der Waals surface area contributed by atoms with Gasteiger partial charge < -0.3 is 15.2 Å². The van der Waals surface area contributed by atoms with Crippen LogP contribution in [0.1, 0.15) is 54.8 Å². The van der Waals surface area contributed by atoms with Crippen LogP contribution in [0.2, 0.25) is 0 Å². The predicted molar refractivity (Wildman–Crippen MR) is 153 cm³/mol. The number of cyclic esters (lactones) is 1. The zero-order valence-corrected chi connectivity index (χ0v) is 23.1. The number of pyridine rings is 1. The Balaban J connectivity index is 1.59. The third kappa shape index (κ3) is 6.84. The molecule has 1 aliphatic heterocycles. The fourth-order valence-corrected chi connectivity index (χ4v) is 4.83. The van der Waals surface area contributed by atoms with Crippen LogP contribution in [0.4, 0.5) is 10.5 Å². The normalized spacial score (nSPS) is 16.7. The van der Waals surface area contributed by atoms with E-state index in [0.29, 0.717) is 17.0 Å². The second-order valence-corrected chi connectivity index (χ2v) is 10.1. The summed E-state index contributed by atoms with van der Waals surface area (Å²) in [7, 11) is 0. The Morgan fingerprint density at radius 1 is 1.05 bits per heavy atom. The molecule has 212 valence electrons. The van der Waals surface area contributed by atoms with Crippen molar-refractivity contribution in [3.05, 3.63) is 95.8 Å². The van der Waals surface area contributed by atoms with Gasteiger partial charge in [-0.3, -0.25) is 19.6 Å². The minimum absolute atomic E-state index is 0.0293. The van der Waals surface area contributed by atoms with Gasteiger partial charge in [-0.15, -0.1) is 0 Å². The van der Waals surface area contributed by atoms with Crippen LogP contribution in [-0.4, -0.2) is 57.2 Å². The molecule has 0 radical (unpaired) electrons. The molecule has 10 heteroatoms. The van der Waals surface area contributed by atoms with Crippen LogP contribution in [0, 0.1) is 11.8 Å². The molecule has 0 unspecified atom stereocenters. The SMILES string of the molecule is CC(=N[C@H](C(=O)O)[C@H](CC(=O)N1C(=O)OC[C@@H]1c1ccccc1)C(C)C)c1ccccc1NC(=O)c1ccccn1. The summed E-state index contributed by atoms with van der Waals surface area (Å²) in [5.74, 6) is -3.13. The number of nitrogens with one attached hydrogen (secondary N) is 1. The average molecular weight is 557 g/mol. The average Bonchev–Trinajstić information content (AvgIpc) is 3.37. The molecule has 0 bridgehead atoms. The number of amides is 3. The number of ether oxygens (including phenoxy) is 1. The number of carbonyl (C=O) groups excluding carboxylic acids is 3. The summed E-state index contributed by atoms with van der Waals surface area (Å²) >= 11 is 0. The lowest BCUT2D eigenvalue weighted by atomic mass is 9.85. The van der Waals surface area contributed by atoms with E-state index in [4.69, 9.17) is 4.74 Å². The second-order valence-electron chi connectivity index (χ2n) is 10.1. The van der Waals surface area contributed by atoms with Crippen molar-refractivity contribution in [1.82, 2.24) is 9.88 Å². The molecule has 2 heterocycles. The number of nitrogens with zero attached hydrogens (tertiary/aromatic N) is 3. The summed E-state index contributed by atoms with van der Waals surface area (Å²) < 4.78 is 5.19. The molecule has 10 nitrogen and oxygen atoms in total. The first kappa shape index (κ1) is 29.1. The Hall–Kier alpha value is -4.86. The van der Waals surface area contributed by atoms with Gasteiger partial charge in [-0.2, -0.15) is 0 Å². The van der Waals surface area contributed by atoms with Crippen molar-refractivity contribution in [3.8, 4) is 0 Å². The maximum Gasteiger partial charge on any atom is 0.417 e. The highest BCUT2D eigenvalue weighted by Crippen LogP contribution is 2.32. The highest BCUT2D eigenvalue weighted by atomic mass is 16.6. The molecule has 41 heavy (non-hydrogen) atoms. The molecule has 0 spiro atoms. The number of aliphatic imine (C=N–C) groups is 1. The number of hydrogen-bond acceptors (Lipinski definition) is 7. The third-order valence-corrected chi connectivity index (χ3v) is 7.05. The van der Waals surface area contributed by atoms with E-state index in [1.165, 1.54) is 6.20 Å². The fourth-order valence-electron chi connectivity index (χ4n) is 4.83. The smallest absolute Gasteiger partial charge is 0.417 e. The molecule has 3 amide bonds. The molecule has 0 saturated carbocycles. The van der Waals surface area contributed by atoms with Gasteiger partial charge in [0.15, 0.2) is 6.04 Å². The molecule has 2 aromatic carbocycles. The van der Waals surface area contributed by atoms with Crippen LogP contribution >= 0.6 is 0 Å². The fraction of sp³-hybridized carbons (Fsp3) is 0.290. The molecule has 4 rings (SSSR count). The molecule has 3 aromatic rings. The van der Waals surface area contributed by atoms with Gasteiger partial charge in [0, 0.05) is 29.8 Å². The van der Waals surface area contributed by atoms with Gasteiger partial charge >= 0.3 is 12.1 Å². The highest BCUT2D eigenvalue weighted by molar-refractivity contribution is 6.10. The van der Waals surface area contributed by atoms with Crippen molar-refractivity contribution in [1.29, 1.82) is 0 Å². The lowest BCUT2D eigenvalue weighted by molar-refractivity contribution is -0.141. The summed E-state index contributed by atoms with van der Waals surface area (Å²) in [6, 6.07) is 19.1. The number of para-hydroxylation sites is 1. The van der Waals surface area contributed by atoms with Gasteiger partial charge in [-0.05, 0) is 36.6 Å². The monoisotopic (exact) mass is 556 g/mol. The first-order chi connectivity index (χ1) is 19.7. The van der Waals surface area contributed by atoms with E-state index in [1.54, 1.807) is 49.4 Å². The molecule has 3 atom stereocenters. The predicted octanol–water partition coefficient (Wildman–Crippen LogP) is 4.98. The maximum atomic E-state index is 13.5. The standard InChI is InChI=1S/C31H32N4O6/c1-19(2)23(17-27(36)35-26(18-41-31(35)40)21-11-5-4-6-12-21)28(30(38)39)33-20(3)22-13-7-8-14-24(22)34-29(37)25-15-9-10-16-32-25/h4-16,19,23,26,28H,17-18H2,1-3H3,(H,34,37)(H,38,39)/t23-,26-,28+/m1/s1. The molecular weight excluding hydrogens is 524 g/mol. The van der Waals surface area contributed by atoms with Gasteiger partial charge in [0.05, 0.1) is 5.69 Å². The minimum Gasteiger partial charge on any atom is -0.480 e. The van der Waals surface area contributed by atoms with Gasteiger partial charge in [0.2, 0.25) is 5.91 Å². The summed E-state index contributed by atoms with van der Waals surface area (Å²) in [5, 5.41) is 13.0. The van der Waals surface area contributed by atoms with Gasteiger partial charge in [0.25, 0.3) is 5.91 Å². The largest absolute Gasteiger partial charge is 0.480 e. The summed E-state index contributed by atoms with van der Waals surface area (Å²) in [4.78, 5) is 61.0. The number of carbonyl (C=O) groups is 4. The molecule has 1 fully saturated rings. The molecule has 1 aliphatic rings. The van der Waals surface area contributed by atoms with Gasteiger partial charge in [0.1, 0.15) is 18.3 Å². The van der Waals surface area contributed by atoms with Crippen molar-refractivity contribution < 1.29 is 29.0 Å². The zero-order valence-electron chi connectivity index (χ0n) is 23.1. The number of carboxylic acid groups (broad SMARTS) is 1. The number of aromatic nitrogens is 1. The van der Waals surface area contributed by atoms with Gasteiger partial charge in [-0.25, -0.2) is 14.5 Å². The number of carboxylic acids is 1. The van der Waals surface area contributed by atoms with Crippen molar-refractivity contribution in [3.63, 3.8) is 0 Å². The minimum atomic E-state index is -1.28. The topological polar surface area (TPSA) is 138 Å². The first-order valence-corrected chi connectivity index (χ1v) is 13.3. The number of anilines is 1. The van der Waals surface area contributed by atoms with Crippen LogP contribution in [0.15, 0.2) is 84.0 Å². The van der Waals surface area contributed by atoms with E-state index in [-0.39, 0.29) is 24.6 Å². The Morgan fingerprint density at radius 2 is 1.73 bits per heavy atom. The van der Waals surface area contributed by atoms with Crippen LogP contribution in [0.5, 0.6) is 0 Å². The quantitative estimate of drug-likeness (QED) is 0.336. The zero-order chi connectivity index (χ0) is 29.5. The lowest BCUT2D eigenvalue weighted by Crippen LogP contribution is -2.40. The second kappa shape index (κ2) is 13.0. The molecule has 0 aliphatic carbocycles. The Bertz CT molecular complexity index is 1440. The van der Waals surface area contributed by atoms with E-state index in [1.807, 2.05) is 44.2 Å². The van der Waals surface area contributed by atoms with Crippen molar-refractivity contribution in [2.24, 2.45) is 16.8 Å². The Kier molecular flexibility index (Phi) is 9.23. The summed E-state index contributed by atoms with van der Waals surface area (Å²) in [6.07, 6.45) is 0.542. The van der Waals surface area contributed by atoms with Gasteiger partial charge in [-0.1, -0.05) is 68.4 Å². The van der Waals surface area contributed by atoms with Crippen molar-refractivity contribution in [2.75, 3.05) is 11.9 Å².